The standard InChI is InChI=1S/C32H32O8S/c1-7-26(33)20-22(5)37-28-16-11-24(12-17-28)31(35)38-21(4)10-15-27(8-2)40-32(36)25-13-18-29(19-14-25)39-23(6)41-30(34)9-3/h7-19,22-23H,1-3,20H2,4-6H3/b21-10+,27-15+. The van der Waals surface area contributed by atoms with E-state index in [1.807, 2.05) is 0 Å². The van der Waals surface area contributed by atoms with E-state index in [1.54, 1.807) is 57.2 Å². The van der Waals surface area contributed by atoms with Crippen LogP contribution in [0.1, 0.15) is 47.9 Å². The first-order valence-electron chi connectivity index (χ1n) is 12.5. The fraction of sp³-hybridized carbons (Fsp3) is 0.188. The zero-order chi connectivity index (χ0) is 30.4. The van der Waals surface area contributed by atoms with E-state index in [2.05, 4.69) is 19.7 Å². The van der Waals surface area contributed by atoms with Gasteiger partial charge in [0.2, 0.25) is 5.12 Å². The maximum Gasteiger partial charge on any atom is 0.343 e. The molecule has 0 heterocycles. The molecule has 0 aliphatic rings. The molecule has 2 unspecified atom stereocenters. The van der Waals surface area contributed by atoms with Crippen LogP contribution >= 0.6 is 11.8 Å². The molecule has 41 heavy (non-hydrogen) atoms. The molecule has 0 fully saturated rings. The number of ketones is 1. The molecule has 0 aliphatic heterocycles. The molecule has 0 N–H and O–H groups in total. The van der Waals surface area contributed by atoms with Crippen LogP contribution in [-0.2, 0) is 19.1 Å². The third-order valence-corrected chi connectivity index (χ3v) is 5.96. The van der Waals surface area contributed by atoms with Crippen molar-refractivity contribution < 1.29 is 38.1 Å². The summed E-state index contributed by atoms with van der Waals surface area (Å²) in [5, 5.41) is -0.203. The lowest BCUT2D eigenvalue weighted by Gasteiger charge is -2.13. The largest absolute Gasteiger partial charge is 0.490 e. The summed E-state index contributed by atoms with van der Waals surface area (Å²) < 4.78 is 22.0. The van der Waals surface area contributed by atoms with Gasteiger partial charge in [-0.2, -0.15) is 0 Å². The molecule has 0 spiro atoms. The van der Waals surface area contributed by atoms with Gasteiger partial charge in [0.25, 0.3) is 0 Å². The molecule has 2 aromatic carbocycles. The Bertz CT molecular complexity index is 1340. The lowest BCUT2D eigenvalue weighted by Crippen LogP contribution is -2.15. The van der Waals surface area contributed by atoms with Gasteiger partial charge < -0.3 is 18.9 Å². The van der Waals surface area contributed by atoms with E-state index in [-0.39, 0.29) is 40.5 Å². The Morgan fingerprint density at radius 1 is 0.756 bits per heavy atom. The average molecular weight is 577 g/mol. The lowest BCUT2D eigenvalue weighted by molar-refractivity contribution is -0.116. The van der Waals surface area contributed by atoms with Gasteiger partial charge in [0.1, 0.15) is 34.6 Å². The summed E-state index contributed by atoms with van der Waals surface area (Å²) in [6.45, 7) is 15.6. The number of rotatable bonds is 15. The summed E-state index contributed by atoms with van der Waals surface area (Å²) >= 11 is 0.988. The van der Waals surface area contributed by atoms with Crippen molar-refractivity contribution in [2.75, 3.05) is 0 Å². The molecule has 0 amide bonds. The molecule has 0 saturated carbocycles. The van der Waals surface area contributed by atoms with Crippen LogP contribution in [0, 0.1) is 0 Å². The van der Waals surface area contributed by atoms with Crippen molar-refractivity contribution in [3.63, 3.8) is 0 Å². The van der Waals surface area contributed by atoms with E-state index in [9.17, 15) is 19.2 Å². The SMILES string of the molecule is C=CC(=O)CC(C)Oc1ccc(C(=O)O/C(C)=C/C=C(\C=C)OC(=O)c2ccc(OC(C)SC(=O)C=C)cc2)cc1. The van der Waals surface area contributed by atoms with Gasteiger partial charge in [0.05, 0.1) is 11.1 Å². The number of esters is 2. The number of allylic oxidation sites excluding steroid dienone is 5. The summed E-state index contributed by atoms with van der Waals surface area (Å²) in [6.07, 6.45) is 6.59. The zero-order valence-electron chi connectivity index (χ0n) is 23.2. The number of benzene rings is 2. The van der Waals surface area contributed by atoms with E-state index >= 15 is 0 Å². The van der Waals surface area contributed by atoms with Crippen LogP contribution in [0.15, 0.2) is 110 Å². The molecular weight excluding hydrogens is 544 g/mol. The van der Waals surface area contributed by atoms with Gasteiger partial charge in [-0.15, -0.1) is 0 Å². The topological polar surface area (TPSA) is 105 Å². The van der Waals surface area contributed by atoms with Crippen LogP contribution in [-0.4, -0.2) is 34.4 Å². The summed E-state index contributed by atoms with van der Waals surface area (Å²) in [7, 11) is 0. The maximum atomic E-state index is 12.6. The molecule has 0 radical (unpaired) electrons. The third kappa shape index (κ3) is 11.6. The van der Waals surface area contributed by atoms with E-state index in [4.69, 9.17) is 18.9 Å². The highest BCUT2D eigenvalue weighted by molar-refractivity contribution is 8.14. The second-order valence-electron chi connectivity index (χ2n) is 8.51. The molecule has 2 rings (SSSR count). The molecule has 0 saturated heterocycles. The lowest BCUT2D eigenvalue weighted by atomic mass is 10.2. The smallest absolute Gasteiger partial charge is 0.343 e. The first-order valence-corrected chi connectivity index (χ1v) is 13.4. The van der Waals surface area contributed by atoms with Crippen LogP contribution in [0.3, 0.4) is 0 Å². The predicted molar refractivity (Wildman–Crippen MR) is 159 cm³/mol. The van der Waals surface area contributed by atoms with Crippen LogP contribution in [0.25, 0.3) is 0 Å². The van der Waals surface area contributed by atoms with Crippen LogP contribution in [0.2, 0.25) is 0 Å². The molecule has 9 heteroatoms. The second kappa shape index (κ2) is 16.5. The molecule has 214 valence electrons. The number of carbonyl (C=O) groups is 4. The van der Waals surface area contributed by atoms with Crippen molar-refractivity contribution in [1.82, 2.24) is 0 Å². The number of ether oxygens (including phenoxy) is 4. The first-order chi connectivity index (χ1) is 19.5. The van der Waals surface area contributed by atoms with Gasteiger partial charge in [0.15, 0.2) is 5.78 Å². The van der Waals surface area contributed by atoms with Gasteiger partial charge in [-0.05, 0) is 111 Å². The maximum absolute atomic E-state index is 12.6. The predicted octanol–water partition coefficient (Wildman–Crippen LogP) is 6.76. The van der Waals surface area contributed by atoms with Crippen molar-refractivity contribution in [2.45, 2.75) is 38.7 Å². The Hall–Kier alpha value is -4.63. The van der Waals surface area contributed by atoms with Gasteiger partial charge in [-0.3, -0.25) is 9.59 Å². The Morgan fingerprint density at radius 3 is 1.80 bits per heavy atom. The number of hydrogen-bond acceptors (Lipinski definition) is 9. The van der Waals surface area contributed by atoms with Gasteiger partial charge in [-0.25, -0.2) is 9.59 Å². The fourth-order valence-electron chi connectivity index (χ4n) is 3.16. The minimum absolute atomic E-state index is 0.118. The second-order valence-corrected chi connectivity index (χ2v) is 9.81. The minimum atomic E-state index is -0.625. The van der Waals surface area contributed by atoms with E-state index < -0.39 is 17.4 Å². The van der Waals surface area contributed by atoms with Gasteiger partial charge in [0, 0.05) is 6.42 Å². The molecule has 2 atom stereocenters. The van der Waals surface area contributed by atoms with Crippen LogP contribution in [0.4, 0.5) is 0 Å². The molecule has 8 nitrogen and oxygen atoms in total. The van der Waals surface area contributed by atoms with Crippen molar-refractivity contribution in [3.05, 3.63) is 121 Å². The molecular formula is C32H32O8S. The van der Waals surface area contributed by atoms with Crippen molar-refractivity contribution in [3.8, 4) is 11.5 Å². The monoisotopic (exact) mass is 576 g/mol. The molecule has 0 aliphatic carbocycles. The van der Waals surface area contributed by atoms with Crippen molar-refractivity contribution >= 4 is 34.6 Å². The first kappa shape index (κ1) is 32.6. The van der Waals surface area contributed by atoms with Crippen LogP contribution < -0.4 is 9.47 Å². The average Bonchev–Trinajstić information content (AvgIpc) is 2.95. The van der Waals surface area contributed by atoms with Crippen molar-refractivity contribution in [1.29, 1.82) is 0 Å². The molecule has 0 aromatic heterocycles. The number of hydrogen-bond donors (Lipinski definition) is 0. The number of carbonyl (C=O) groups excluding carboxylic acids is 4. The fourth-order valence-corrected chi connectivity index (χ4v) is 3.74. The highest BCUT2D eigenvalue weighted by Gasteiger charge is 2.13. The zero-order valence-corrected chi connectivity index (χ0v) is 24.0. The van der Waals surface area contributed by atoms with E-state index in [0.717, 1.165) is 11.8 Å². The minimum Gasteiger partial charge on any atom is -0.490 e. The quantitative estimate of drug-likeness (QED) is 0.0748. The van der Waals surface area contributed by atoms with Crippen LogP contribution in [0.5, 0.6) is 11.5 Å². The Morgan fingerprint density at radius 2 is 1.29 bits per heavy atom. The summed E-state index contributed by atoms with van der Waals surface area (Å²) in [5.74, 6) is 0.0574. The van der Waals surface area contributed by atoms with Gasteiger partial charge in [-0.1, -0.05) is 19.7 Å². The highest BCUT2D eigenvalue weighted by atomic mass is 32.2. The summed E-state index contributed by atoms with van der Waals surface area (Å²) in [6, 6.07) is 12.6. The Balaban J connectivity index is 1.93. The normalized spacial score (nSPS) is 12.8. The van der Waals surface area contributed by atoms with E-state index in [1.165, 1.54) is 42.5 Å². The molecule has 2 aromatic rings. The summed E-state index contributed by atoms with van der Waals surface area (Å²) in [5.41, 5.74) is 0.140. The number of thioether (sulfide) groups is 1. The van der Waals surface area contributed by atoms with E-state index in [0.29, 0.717) is 17.1 Å². The highest BCUT2D eigenvalue weighted by Crippen LogP contribution is 2.21. The third-order valence-electron chi connectivity index (χ3n) is 5.13. The Labute approximate surface area is 244 Å². The molecule has 0 bridgehead atoms. The Kier molecular flexibility index (Phi) is 13.1. The van der Waals surface area contributed by atoms with Crippen molar-refractivity contribution in [2.24, 2.45) is 0 Å². The van der Waals surface area contributed by atoms with Gasteiger partial charge >= 0.3 is 11.9 Å². The summed E-state index contributed by atoms with van der Waals surface area (Å²) in [4.78, 5) is 47.9.